The first-order valence-electron chi connectivity index (χ1n) is 10.6. The number of carbonyl (C=O) groups excluding carboxylic acids is 1. The van der Waals surface area contributed by atoms with Crippen LogP contribution in [0.2, 0.25) is 0 Å². The maximum absolute atomic E-state index is 13.1. The molecule has 31 heavy (non-hydrogen) atoms. The topological polar surface area (TPSA) is 63.7 Å². The van der Waals surface area contributed by atoms with Crippen LogP contribution in [0.1, 0.15) is 28.8 Å². The molecule has 1 aromatic heterocycles. The van der Waals surface area contributed by atoms with Crippen LogP contribution in [0.15, 0.2) is 66.9 Å². The molecule has 158 valence electrons. The molecule has 1 unspecified atom stereocenters. The second kappa shape index (κ2) is 8.40. The third kappa shape index (κ3) is 3.64. The van der Waals surface area contributed by atoms with Crippen LogP contribution in [0.3, 0.4) is 0 Å². The van der Waals surface area contributed by atoms with E-state index in [1.807, 2.05) is 24.3 Å². The van der Waals surface area contributed by atoms with E-state index in [0.29, 0.717) is 25.4 Å². The molecule has 0 saturated carbocycles. The van der Waals surface area contributed by atoms with E-state index in [-0.39, 0.29) is 18.1 Å². The molecule has 0 radical (unpaired) electrons. The van der Waals surface area contributed by atoms with Gasteiger partial charge in [0.25, 0.3) is 0 Å². The molecule has 2 heterocycles. The smallest absolute Gasteiger partial charge is 0.410 e. The van der Waals surface area contributed by atoms with Crippen LogP contribution in [0.5, 0.6) is 5.75 Å². The third-order valence-corrected chi connectivity index (χ3v) is 6.15. The number of nitrogens with zero attached hydrogens (tertiary/aromatic N) is 2. The summed E-state index contributed by atoms with van der Waals surface area (Å²) in [5, 5.41) is 3.35. The van der Waals surface area contributed by atoms with Gasteiger partial charge in [0.15, 0.2) is 0 Å². The minimum absolute atomic E-state index is 0.0526. The molecule has 6 nitrogen and oxygen atoms in total. The molecule has 1 amide bonds. The Balaban J connectivity index is 1.33. The number of carbonyl (C=O) groups is 1. The number of pyridine rings is 1. The number of aromatic nitrogens is 1. The van der Waals surface area contributed by atoms with Crippen LogP contribution in [0.25, 0.3) is 11.1 Å². The van der Waals surface area contributed by atoms with Crippen molar-refractivity contribution in [3.05, 3.63) is 83.7 Å². The van der Waals surface area contributed by atoms with E-state index in [1.54, 1.807) is 18.2 Å². The number of fused-ring (bicyclic) bond motifs is 3. The highest BCUT2D eigenvalue weighted by Crippen LogP contribution is 2.44. The van der Waals surface area contributed by atoms with Crippen LogP contribution in [-0.4, -0.2) is 49.3 Å². The molecule has 1 saturated heterocycles. The van der Waals surface area contributed by atoms with E-state index in [0.717, 1.165) is 12.2 Å². The van der Waals surface area contributed by atoms with Gasteiger partial charge >= 0.3 is 6.09 Å². The van der Waals surface area contributed by atoms with Gasteiger partial charge in [-0.05, 0) is 34.4 Å². The van der Waals surface area contributed by atoms with E-state index in [9.17, 15) is 4.79 Å². The Kier molecular flexibility index (Phi) is 5.30. The van der Waals surface area contributed by atoms with Gasteiger partial charge < -0.3 is 14.8 Å². The summed E-state index contributed by atoms with van der Waals surface area (Å²) < 4.78 is 11.1. The number of nitrogens with one attached hydrogen (secondary N) is 1. The number of ether oxygens (including phenoxy) is 2. The van der Waals surface area contributed by atoms with E-state index in [4.69, 9.17) is 9.47 Å². The average molecular weight is 415 g/mol. The SMILES string of the molecule is COc1ccc(C2CNCCN2C(=O)OCC2c3ccccc3-c3ccccc32)nc1. The number of benzene rings is 2. The minimum atomic E-state index is -0.300. The molecule has 6 heteroatoms. The van der Waals surface area contributed by atoms with Crippen LogP contribution in [0.4, 0.5) is 4.79 Å². The normalized spacial score (nSPS) is 17.7. The highest BCUT2D eigenvalue weighted by atomic mass is 16.6. The van der Waals surface area contributed by atoms with E-state index in [1.165, 1.54) is 22.3 Å². The van der Waals surface area contributed by atoms with Gasteiger partial charge in [-0.3, -0.25) is 9.88 Å². The molecule has 0 bridgehead atoms. The predicted molar refractivity (Wildman–Crippen MR) is 118 cm³/mol. The lowest BCUT2D eigenvalue weighted by Gasteiger charge is -2.35. The van der Waals surface area contributed by atoms with Crippen molar-refractivity contribution in [2.45, 2.75) is 12.0 Å². The molecular formula is C25H25N3O3. The van der Waals surface area contributed by atoms with Crippen molar-refractivity contribution >= 4 is 6.09 Å². The van der Waals surface area contributed by atoms with Gasteiger partial charge in [-0.25, -0.2) is 4.79 Å². The highest BCUT2D eigenvalue weighted by molar-refractivity contribution is 5.79. The molecule has 5 rings (SSSR count). The second-order valence-electron chi connectivity index (χ2n) is 7.84. The molecular weight excluding hydrogens is 390 g/mol. The zero-order valence-electron chi connectivity index (χ0n) is 17.5. The maximum Gasteiger partial charge on any atom is 0.410 e. The van der Waals surface area contributed by atoms with Crippen molar-refractivity contribution in [2.75, 3.05) is 33.4 Å². The predicted octanol–water partition coefficient (Wildman–Crippen LogP) is 3.99. The molecule has 1 fully saturated rings. The summed E-state index contributed by atoms with van der Waals surface area (Å²) >= 11 is 0. The number of amides is 1. The summed E-state index contributed by atoms with van der Waals surface area (Å²) in [6, 6.07) is 20.3. The van der Waals surface area contributed by atoms with Gasteiger partial charge in [0, 0.05) is 25.6 Å². The summed E-state index contributed by atoms with van der Waals surface area (Å²) in [6.45, 7) is 2.27. The van der Waals surface area contributed by atoms with Crippen molar-refractivity contribution in [3.8, 4) is 16.9 Å². The largest absolute Gasteiger partial charge is 0.495 e. The Bertz CT molecular complexity index is 1040. The van der Waals surface area contributed by atoms with E-state index < -0.39 is 0 Å². The Morgan fingerprint density at radius 3 is 2.42 bits per heavy atom. The van der Waals surface area contributed by atoms with E-state index >= 15 is 0 Å². The van der Waals surface area contributed by atoms with Crippen molar-refractivity contribution in [1.82, 2.24) is 15.2 Å². The molecule has 1 atom stereocenters. The highest BCUT2D eigenvalue weighted by Gasteiger charge is 2.33. The number of rotatable bonds is 4. The fourth-order valence-electron chi connectivity index (χ4n) is 4.57. The lowest BCUT2D eigenvalue weighted by atomic mass is 9.98. The number of piperazine rings is 1. The number of hydrogen-bond acceptors (Lipinski definition) is 5. The lowest BCUT2D eigenvalue weighted by molar-refractivity contribution is 0.0743. The Morgan fingerprint density at radius 2 is 1.77 bits per heavy atom. The van der Waals surface area contributed by atoms with Crippen LogP contribution in [0, 0.1) is 0 Å². The van der Waals surface area contributed by atoms with E-state index in [2.05, 4.69) is 46.7 Å². The van der Waals surface area contributed by atoms with Gasteiger partial charge in [0.2, 0.25) is 0 Å². The van der Waals surface area contributed by atoms with Crippen LogP contribution < -0.4 is 10.1 Å². The van der Waals surface area contributed by atoms with Crippen molar-refractivity contribution in [2.24, 2.45) is 0 Å². The van der Waals surface area contributed by atoms with Crippen molar-refractivity contribution < 1.29 is 14.3 Å². The quantitative estimate of drug-likeness (QED) is 0.698. The maximum atomic E-state index is 13.1. The molecule has 1 aliphatic heterocycles. The molecule has 2 aliphatic rings. The van der Waals surface area contributed by atoms with Gasteiger partial charge in [-0.1, -0.05) is 48.5 Å². The van der Waals surface area contributed by atoms with Gasteiger partial charge in [-0.2, -0.15) is 0 Å². The first-order chi connectivity index (χ1) is 15.3. The Hall–Kier alpha value is -3.38. The lowest BCUT2D eigenvalue weighted by Crippen LogP contribution is -2.49. The first kappa shape index (κ1) is 19.6. The summed E-state index contributed by atoms with van der Waals surface area (Å²) in [5.74, 6) is 0.747. The zero-order chi connectivity index (χ0) is 21.2. The second-order valence-corrected chi connectivity index (χ2v) is 7.84. The molecule has 1 N–H and O–H groups in total. The fraction of sp³-hybridized carbons (Fsp3) is 0.280. The molecule has 3 aromatic rings. The zero-order valence-corrected chi connectivity index (χ0v) is 17.5. The monoisotopic (exact) mass is 415 g/mol. The third-order valence-electron chi connectivity index (χ3n) is 6.15. The molecule has 2 aromatic carbocycles. The van der Waals surface area contributed by atoms with Gasteiger partial charge in [0.1, 0.15) is 12.4 Å². The van der Waals surface area contributed by atoms with Gasteiger partial charge in [-0.15, -0.1) is 0 Å². The van der Waals surface area contributed by atoms with Crippen molar-refractivity contribution in [3.63, 3.8) is 0 Å². The number of methoxy groups -OCH3 is 1. The summed E-state index contributed by atoms with van der Waals surface area (Å²) in [7, 11) is 1.61. The Labute approximate surface area is 181 Å². The van der Waals surface area contributed by atoms with Crippen LogP contribution >= 0.6 is 0 Å². The number of hydrogen-bond donors (Lipinski definition) is 1. The first-order valence-corrected chi connectivity index (χ1v) is 10.6. The standard InChI is InChI=1S/C25H25N3O3/c1-30-17-10-11-23(27-14-17)24-15-26-12-13-28(24)25(29)31-16-22-20-8-4-2-6-18(20)19-7-3-5-9-21(19)22/h2-11,14,22,24,26H,12-13,15-16H2,1H3. The fourth-order valence-corrected chi connectivity index (χ4v) is 4.57. The minimum Gasteiger partial charge on any atom is -0.495 e. The molecule has 0 spiro atoms. The summed E-state index contributed by atoms with van der Waals surface area (Å²) in [5.41, 5.74) is 5.69. The summed E-state index contributed by atoms with van der Waals surface area (Å²) in [6.07, 6.45) is 1.38. The average Bonchev–Trinajstić information content (AvgIpc) is 3.16. The summed E-state index contributed by atoms with van der Waals surface area (Å²) in [4.78, 5) is 19.4. The van der Waals surface area contributed by atoms with Crippen molar-refractivity contribution in [1.29, 1.82) is 0 Å². The Morgan fingerprint density at radius 1 is 1.06 bits per heavy atom. The van der Waals surface area contributed by atoms with Gasteiger partial charge in [0.05, 0.1) is 25.0 Å². The van der Waals surface area contributed by atoms with Crippen LogP contribution in [-0.2, 0) is 4.74 Å². The molecule has 1 aliphatic carbocycles.